The van der Waals surface area contributed by atoms with Gasteiger partial charge < -0.3 is 5.32 Å². The number of hydrogen-bond donors (Lipinski definition) is 1. The summed E-state index contributed by atoms with van der Waals surface area (Å²) in [5.74, 6) is 0.463. The maximum absolute atomic E-state index is 14.0. The highest BCUT2D eigenvalue weighted by atomic mass is 19.1. The molecule has 0 radical (unpaired) electrons. The molecule has 6 nitrogen and oxygen atoms in total. The van der Waals surface area contributed by atoms with E-state index in [1.54, 1.807) is 0 Å². The summed E-state index contributed by atoms with van der Waals surface area (Å²) in [7, 11) is 0. The summed E-state index contributed by atoms with van der Waals surface area (Å²) in [5.41, 5.74) is 1.15. The van der Waals surface area contributed by atoms with E-state index < -0.39 is 5.82 Å². The first-order valence-corrected chi connectivity index (χ1v) is 6.31. The molecule has 0 spiro atoms. The molecular formula is C13H13FN6. The molecule has 1 N–H and O–H groups in total. The number of aromatic nitrogens is 5. The molecule has 7 heteroatoms. The summed E-state index contributed by atoms with van der Waals surface area (Å²) in [6.45, 7) is 2.18. The second kappa shape index (κ2) is 5.20. The third-order valence-electron chi connectivity index (χ3n) is 2.99. The number of pyridine rings is 1. The zero-order chi connectivity index (χ0) is 13.9. The van der Waals surface area contributed by atoms with Crippen LogP contribution in [-0.2, 0) is 13.0 Å². The van der Waals surface area contributed by atoms with Crippen LogP contribution < -0.4 is 5.32 Å². The normalized spacial score (nSPS) is 10.9. The predicted octanol–water partition coefficient (Wildman–Crippen LogP) is 1.83. The van der Waals surface area contributed by atoms with E-state index in [4.69, 9.17) is 0 Å². The topological polar surface area (TPSA) is 68.0 Å². The van der Waals surface area contributed by atoms with E-state index in [0.717, 1.165) is 5.65 Å². The smallest absolute Gasteiger partial charge is 0.186 e. The van der Waals surface area contributed by atoms with Crippen LogP contribution >= 0.6 is 0 Å². The summed E-state index contributed by atoms with van der Waals surface area (Å²) >= 11 is 0. The first-order valence-electron chi connectivity index (χ1n) is 6.31. The van der Waals surface area contributed by atoms with Crippen LogP contribution in [0.5, 0.6) is 0 Å². The number of nitrogens with one attached hydrogen (secondary N) is 1. The van der Waals surface area contributed by atoms with Crippen molar-refractivity contribution in [3.05, 3.63) is 48.1 Å². The lowest BCUT2D eigenvalue weighted by molar-refractivity contribution is 0.596. The average Bonchev–Trinajstić information content (AvgIpc) is 2.89. The summed E-state index contributed by atoms with van der Waals surface area (Å²) < 4.78 is 15.8. The molecular weight excluding hydrogens is 259 g/mol. The summed E-state index contributed by atoms with van der Waals surface area (Å²) in [6.07, 6.45) is 3.74. The van der Waals surface area contributed by atoms with Crippen LogP contribution in [0.15, 0.2) is 30.7 Å². The molecule has 0 aliphatic carbocycles. The second-order valence-electron chi connectivity index (χ2n) is 4.24. The molecule has 0 atom stereocenters. The van der Waals surface area contributed by atoms with Crippen molar-refractivity contribution in [1.29, 1.82) is 0 Å². The van der Waals surface area contributed by atoms with Gasteiger partial charge in [-0.1, -0.05) is 13.0 Å². The van der Waals surface area contributed by atoms with Crippen molar-refractivity contribution in [3.8, 4) is 0 Å². The number of nitrogens with zero attached hydrogens (tertiary/aromatic N) is 5. The van der Waals surface area contributed by atoms with Crippen LogP contribution in [0, 0.1) is 5.82 Å². The zero-order valence-electron chi connectivity index (χ0n) is 10.9. The first kappa shape index (κ1) is 12.5. The van der Waals surface area contributed by atoms with Crippen LogP contribution in [0.3, 0.4) is 0 Å². The average molecular weight is 272 g/mol. The molecule has 0 aliphatic heterocycles. The van der Waals surface area contributed by atoms with Crippen molar-refractivity contribution in [3.63, 3.8) is 0 Å². The number of halogens is 1. The van der Waals surface area contributed by atoms with Gasteiger partial charge in [-0.15, -0.1) is 10.2 Å². The maximum Gasteiger partial charge on any atom is 0.186 e. The van der Waals surface area contributed by atoms with Gasteiger partial charge in [0.25, 0.3) is 0 Å². The number of rotatable bonds is 4. The molecule has 0 aliphatic rings. The number of aryl methyl sites for hydroxylation is 1. The molecule has 3 heterocycles. The van der Waals surface area contributed by atoms with Gasteiger partial charge in [-0.05, 0) is 18.6 Å². The van der Waals surface area contributed by atoms with Gasteiger partial charge in [0.05, 0.1) is 12.2 Å². The second-order valence-corrected chi connectivity index (χ2v) is 4.24. The fraction of sp³-hybridized carbons (Fsp3) is 0.231. The Balaban J connectivity index is 1.83. The molecule has 3 aromatic rings. The van der Waals surface area contributed by atoms with Crippen molar-refractivity contribution >= 4 is 11.5 Å². The van der Waals surface area contributed by atoms with Crippen molar-refractivity contribution in [2.45, 2.75) is 19.9 Å². The third-order valence-corrected chi connectivity index (χ3v) is 2.99. The van der Waals surface area contributed by atoms with E-state index in [0.29, 0.717) is 24.5 Å². The van der Waals surface area contributed by atoms with E-state index in [9.17, 15) is 4.39 Å². The van der Waals surface area contributed by atoms with Gasteiger partial charge in [0.1, 0.15) is 6.33 Å². The SMILES string of the molecule is CCc1ncnc(NCc2nnc3ccccn23)c1F. The van der Waals surface area contributed by atoms with E-state index in [-0.39, 0.29) is 5.82 Å². The first-order chi connectivity index (χ1) is 9.79. The fourth-order valence-corrected chi connectivity index (χ4v) is 1.95. The van der Waals surface area contributed by atoms with Gasteiger partial charge >= 0.3 is 0 Å². The number of hydrogen-bond acceptors (Lipinski definition) is 5. The van der Waals surface area contributed by atoms with Gasteiger partial charge in [0.15, 0.2) is 23.1 Å². The Hall–Kier alpha value is -2.57. The molecule has 0 unspecified atom stereocenters. The third kappa shape index (κ3) is 2.18. The van der Waals surface area contributed by atoms with Crippen LogP contribution in [-0.4, -0.2) is 24.6 Å². The Kier molecular flexibility index (Phi) is 3.24. The van der Waals surface area contributed by atoms with Crippen molar-refractivity contribution in [2.75, 3.05) is 5.32 Å². The standard InChI is InChI=1S/C13H13FN6/c1-2-9-12(14)13(17-8-16-9)15-7-11-19-18-10-5-3-4-6-20(10)11/h3-6,8H,2,7H2,1H3,(H,15,16,17). The van der Waals surface area contributed by atoms with Crippen LogP contribution in [0.2, 0.25) is 0 Å². The maximum atomic E-state index is 14.0. The molecule has 102 valence electrons. The predicted molar refractivity (Wildman–Crippen MR) is 71.7 cm³/mol. The Morgan fingerprint density at radius 1 is 1.25 bits per heavy atom. The Bertz CT molecular complexity index is 739. The van der Waals surface area contributed by atoms with Crippen molar-refractivity contribution in [1.82, 2.24) is 24.6 Å². The quantitative estimate of drug-likeness (QED) is 0.784. The Morgan fingerprint density at radius 3 is 3.00 bits per heavy atom. The van der Waals surface area contributed by atoms with Crippen LogP contribution in [0.4, 0.5) is 10.2 Å². The highest BCUT2D eigenvalue weighted by Gasteiger charge is 2.10. The summed E-state index contributed by atoms with van der Waals surface area (Å²) in [6, 6.07) is 5.64. The van der Waals surface area contributed by atoms with Crippen molar-refractivity contribution in [2.24, 2.45) is 0 Å². The Morgan fingerprint density at radius 2 is 2.15 bits per heavy atom. The summed E-state index contributed by atoms with van der Waals surface area (Å²) in [4.78, 5) is 7.80. The zero-order valence-corrected chi connectivity index (χ0v) is 10.9. The van der Waals surface area contributed by atoms with Crippen LogP contribution in [0.1, 0.15) is 18.4 Å². The molecule has 3 rings (SSSR count). The van der Waals surface area contributed by atoms with E-state index in [1.807, 2.05) is 35.7 Å². The van der Waals surface area contributed by atoms with E-state index in [1.165, 1.54) is 6.33 Å². The van der Waals surface area contributed by atoms with Crippen molar-refractivity contribution < 1.29 is 4.39 Å². The summed E-state index contributed by atoms with van der Waals surface area (Å²) in [5, 5.41) is 11.0. The Labute approximate surface area is 114 Å². The van der Waals surface area contributed by atoms with Gasteiger partial charge in [-0.25, -0.2) is 14.4 Å². The number of anilines is 1. The molecule has 0 fully saturated rings. The minimum atomic E-state index is -0.413. The largest absolute Gasteiger partial charge is 0.360 e. The van der Waals surface area contributed by atoms with E-state index >= 15 is 0 Å². The molecule has 3 aromatic heterocycles. The minimum absolute atomic E-state index is 0.185. The molecule has 0 aromatic carbocycles. The molecule has 0 saturated heterocycles. The van der Waals surface area contributed by atoms with Gasteiger partial charge in [-0.2, -0.15) is 0 Å². The molecule has 0 amide bonds. The highest BCUT2D eigenvalue weighted by molar-refractivity contribution is 5.40. The number of fused-ring (bicyclic) bond motifs is 1. The molecule has 0 saturated carbocycles. The fourth-order valence-electron chi connectivity index (χ4n) is 1.95. The highest BCUT2D eigenvalue weighted by Crippen LogP contribution is 2.14. The van der Waals surface area contributed by atoms with Gasteiger partial charge in [0, 0.05) is 6.20 Å². The lowest BCUT2D eigenvalue weighted by Crippen LogP contribution is -2.09. The minimum Gasteiger partial charge on any atom is -0.360 e. The van der Waals surface area contributed by atoms with Crippen LogP contribution in [0.25, 0.3) is 5.65 Å². The lowest BCUT2D eigenvalue weighted by Gasteiger charge is -2.07. The monoisotopic (exact) mass is 272 g/mol. The molecule has 20 heavy (non-hydrogen) atoms. The van der Waals surface area contributed by atoms with E-state index in [2.05, 4.69) is 25.5 Å². The van der Waals surface area contributed by atoms with Gasteiger partial charge in [0.2, 0.25) is 0 Å². The molecule has 0 bridgehead atoms. The van der Waals surface area contributed by atoms with Gasteiger partial charge in [-0.3, -0.25) is 4.40 Å². The lowest BCUT2D eigenvalue weighted by atomic mass is 10.3.